The lowest BCUT2D eigenvalue weighted by atomic mass is 10.00. The van der Waals surface area contributed by atoms with Crippen LogP contribution >= 0.6 is 22.6 Å². The van der Waals surface area contributed by atoms with E-state index in [-0.39, 0.29) is 6.10 Å². The molecule has 64 valence electrons. The monoisotopic (exact) mass is 276 g/mol. The van der Waals surface area contributed by atoms with Gasteiger partial charge in [0.15, 0.2) is 0 Å². The predicted molar refractivity (Wildman–Crippen MR) is 56.1 cm³/mol. The third kappa shape index (κ3) is 1.19. The Morgan fingerprint density at radius 3 is 3.25 bits per heavy atom. The normalized spacial score (nSPS) is 32.2. The van der Waals surface area contributed by atoms with E-state index in [1.54, 1.807) is 7.11 Å². The highest BCUT2D eigenvalue weighted by atomic mass is 127. The minimum Gasteiger partial charge on any atom is -0.376 e. The molecule has 12 heavy (non-hydrogen) atoms. The molecule has 0 bridgehead atoms. The molecule has 0 amide bonds. The summed E-state index contributed by atoms with van der Waals surface area (Å²) in [5.74, 6) is 1.29. The molecule has 2 atom stereocenters. The number of amidine groups is 1. The number of nitrogens with one attached hydrogen (secondary N) is 1. The fourth-order valence-electron chi connectivity index (χ4n) is 1.42. The van der Waals surface area contributed by atoms with E-state index in [4.69, 9.17) is 4.74 Å². The Hall–Kier alpha value is -0.360. The molecule has 0 aromatic heterocycles. The Balaban J connectivity index is 2.28. The SMILES string of the molecule is COC1C=CNC2=NC=C(I)C21. The van der Waals surface area contributed by atoms with Gasteiger partial charge in [0, 0.05) is 23.1 Å². The summed E-state index contributed by atoms with van der Waals surface area (Å²) in [6, 6.07) is 0. The van der Waals surface area contributed by atoms with E-state index in [9.17, 15) is 0 Å². The average Bonchev–Trinajstić information content (AvgIpc) is 2.48. The Morgan fingerprint density at radius 1 is 1.67 bits per heavy atom. The molecule has 3 nitrogen and oxygen atoms in total. The second kappa shape index (κ2) is 3.18. The first kappa shape index (κ1) is 8.25. The molecule has 0 saturated heterocycles. The fraction of sp³-hybridized carbons (Fsp3) is 0.375. The van der Waals surface area contributed by atoms with Gasteiger partial charge in [-0.05, 0) is 28.7 Å². The topological polar surface area (TPSA) is 33.6 Å². The number of rotatable bonds is 1. The number of hydrogen-bond donors (Lipinski definition) is 1. The third-order valence-electron chi connectivity index (χ3n) is 2.04. The van der Waals surface area contributed by atoms with Crippen LogP contribution in [0.25, 0.3) is 0 Å². The quantitative estimate of drug-likeness (QED) is 0.735. The summed E-state index contributed by atoms with van der Waals surface area (Å²) in [6.07, 6.45) is 5.91. The summed E-state index contributed by atoms with van der Waals surface area (Å²) in [5.41, 5.74) is 0. The van der Waals surface area contributed by atoms with Crippen LogP contribution in [-0.4, -0.2) is 19.0 Å². The number of hydrogen-bond acceptors (Lipinski definition) is 3. The first-order valence-corrected chi connectivity index (χ1v) is 4.80. The summed E-state index contributed by atoms with van der Waals surface area (Å²) in [5, 5.41) is 3.11. The van der Waals surface area contributed by atoms with Crippen LogP contribution in [0.2, 0.25) is 0 Å². The van der Waals surface area contributed by atoms with Gasteiger partial charge in [-0.3, -0.25) is 0 Å². The lowest BCUT2D eigenvalue weighted by Gasteiger charge is -2.25. The number of aliphatic imine (C=N–C) groups is 1. The zero-order valence-corrected chi connectivity index (χ0v) is 8.78. The smallest absolute Gasteiger partial charge is 0.116 e. The fourth-order valence-corrected chi connectivity index (χ4v) is 2.20. The first-order chi connectivity index (χ1) is 5.83. The van der Waals surface area contributed by atoms with Crippen LogP contribution in [0.5, 0.6) is 0 Å². The van der Waals surface area contributed by atoms with E-state index in [1.807, 2.05) is 18.5 Å². The number of nitrogens with zero attached hydrogens (tertiary/aromatic N) is 1. The van der Waals surface area contributed by atoms with E-state index >= 15 is 0 Å². The summed E-state index contributed by atoms with van der Waals surface area (Å²) >= 11 is 2.30. The molecule has 2 rings (SSSR count). The van der Waals surface area contributed by atoms with Gasteiger partial charge in [0.05, 0.1) is 12.0 Å². The highest BCUT2D eigenvalue weighted by Gasteiger charge is 2.32. The van der Waals surface area contributed by atoms with Gasteiger partial charge in [-0.1, -0.05) is 0 Å². The van der Waals surface area contributed by atoms with Crippen LogP contribution in [-0.2, 0) is 4.74 Å². The van der Waals surface area contributed by atoms with Crippen molar-refractivity contribution in [2.24, 2.45) is 10.9 Å². The van der Waals surface area contributed by atoms with Crippen LogP contribution in [0.4, 0.5) is 0 Å². The number of halogens is 1. The van der Waals surface area contributed by atoms with Crippen LogP contribution in [0.1, 0.15) is 0 Å². The molecule has 2 aliphatic heterocycles. The van der Waals surface area contributed by atoms with Crippen molar-refractivity contribution in [2.45, 2.75) is 6.10 Å². The van der Waals surface area contributed by atoms with E-state index in [1.165, 1.54) is 3.58 Å². The Morgan fingerprint density at radius 2 is 2.50 bits per heavy atom. The standard InChI is InChI=1S/C8H9IN2O/c1-12-6-2-3-10-8-7(6)5(9)4-11-8/h2-4,6-7H,1H3,(H,10,11). The predicted octanol–water partition coefficient (Wildman–Crippen LogP) is 1.42. The molecule has 2 aliphatic rings. The van der Waals surface area contributed by atoms with Crippen molar-refractivity contribution in [3.05, 3.63) is 22.1 Å². The second-order valence-corrected chi connectivity index (χ2v) is 3.96. The molecule has 0 radical (unpaired) electrons. The van der Waals surface area contributed by atoms with Crippen molar-refractivity contribution in [2.75, 3.05) is 7.11 Å². The molecule has 0 spiro atoms. The van der Waals surface area contributed by atoms with E-state index in [0.29, 0.717) is 5.92 Å². The van der Waals surface area contributed by atoms with Crippen LogP contribution in [0.15, 0.2) is 27.0 Å². The molecule has 2 heterocycles. The zero-order valence-electron chi connectivity index (χ0n) is 6.62. The van der Waals surface area contributed by atoms with Gasteiger partial charge in [-0.25, -0.2) is 4.99 Å². The Kier molecular flexibility index (Phi) is 2.18. The summed E-state index contributed by atoms with van der Waals surface area (Å²) in [4.78, 5) is 4.24. The third-order valence-corrected chi connectivity index (χ3v) is 2.99. The van der Waals surface area contributed by atoms with Crippen molar-refractivity contribution in [1.29, 1.82) is 0 Å². The van der Waals surface area contributed by atoms with Gasteiger partial charge in [0.1, 0.15) is 5.84 Å². The van der Waals surface area contributed by atoms with Gasteiger partial charge < -0.3 is 10.1 Å². The molecule has 0 aliphatic carbocycles. The van der Waals surface area contributed by atoms with Gasteiger partial charge >= 0.3 is 0 Å². The zero-order chi connectivity index (χ0) is 8.55. The van der Waals surface area contributed by atoms with E-state index < -0.39 is 0 Å². The molecule has 0 saturated carbocycles. The first-order valence-electron chi connectivity index (χ1n) is 3.72. The van der Waals surface area contributed by atoms with Gasteiger partial charge in [0.2, 0.25) is 0 Å². The number of ether oxygens (including phenoxy) is 1. The lowest BCUT2D eigenvalue weighted by molar-refractivity contribution is 0.123. The summed E-state index contributed by atoms with van der Waals surface area (Å²) < 4.78 is 6.55. The van der Waals surface area contributed by atoms with Gasteiger partial charge in [0.25, 0.3) is 0 Å². The highest BCUT2D eigenvalue weighted by Crippen LogP contribution is 2.31. The van der Waals surface area contributed by atoms with Crippen molar-refractivity contribution >= 4 is 28.4 Å². The molecule has 0 aromatic rings. The van der Waals surface area contributed by atoms with Gasteiger partial charge in [-0.15, -0.1) is 0 Å². The molecule has 4 heteroatoms. The van der Waals surface area contributed by atoms with Crippen LogP contribution in [0.3, 0.4) is 0 Å². The molecule has 0 fully saturated rings. The van der Waals surface area contributed by atoms with E-state index in [2.05, 4.69) is 32.9 Å². The number of fused-ring (bicyclic) bond motifs is 1. The lowest BCUT2D eigenvalue weighted by Crippen LogP contribution is -2.37. The van der Waals surface area contributed by atoms with Crippen molar-refractivity contribution in [1.82, 2.24) is 5.32 Å². The average molecular weight is 276 g/mol. The minimum atomic E-state index is 0.135. The van der Waals surface area contributed by atoms with Crippen molar-refractivity contribution in [3.8, 4) is 0 Å². The maximum Gasteiger partial charge on any atom is 0.116 e. The molecule has 2 unspecified atom stereocenters. The molecule has 0 aromatic carbocycles. The second-order valence-electron chi connectivity index (χ2n) is 2.71. The van der Waals surface area contributed by atoms with E-state index in [0.717, 1.165) is 5.84 Å². The van der Waals surface area contributed by atoms with Crippen molar-refractivity contribution < 1.29 is 4.74 Å². The van der Waals surface area contributed by atoms with Crippen LogP contribution < -0.4 is 5.32 Å². The van der Waals surface area contributed by atoms with Crippen LogP contribution in [0, 0.1) is 5.92 Å². The molecular weight excluding hydrogens is 267 g/mol. The largest absolute Gasteiger partial charge is 0.376 e. The van der Waals surface area contributed by atoms with Gasteiger partial charge in [-0.2, -0.15) is 0 Å². The maximum atomic E-state index is 5.32. The summed E-state index contributed by atoms with van der Waals surface area (Å²) in [7, 11) is 1.72. The maximum absolute atomic E-state index is 5.32. The summed E-state index contributed by atoms with van der Waals surface area (Å²) in [6.45, 7) is 0. The Bertz CT molecular complexity index is 283. The minimum absolute atomic E-state index is 0.135. The number of methoxy groups -OCH3 is 1. The van der Waals surface area contributed by atoms with Crippen molar-refractivity contribution in [3.63, 3.8) is 0 Å². The Labute approximate surface area is 84.7 Å². The molecular formula is C8H9IN2O. The molecule has 1 N–H and O–H groups in total. The highest BCUT2D eigenvalue weighted by molar-refractivity contribution is 14.1.